The zero-order valence-corrected chi connectivity index (χ0v) is 9.74. The minimum atomic E-state index is -0.341. The summed E-state index contributed by atoms with van der Waals surface area (Å²) in [6.07, 6.45) is 0.0853. The minimum absolute atomic E-state index is 0.0853. The fraction of sp³-hybridized carbons (Fsp3) is 0.300. The van der Waals surface area contributed by atoms with Gasteiger partial charge >= 0.3 is 5.97 Å². The highest BCUT2D eigenvalue weighted by molar-refractivity contribution is 9.10. The van der Waals surface area contributed by atoms with Crippen molar-refractivity contribution in [2.75, 3.05) is 6.61 Å². The van der Waals surface area contributed by atoms with Crippen molar-refractivity contribution < 1.29 is 9.53 Å². The van der Waals surface area contributed by atoms with Crippen LogP contribution in [0.15, 0.2) is 16.7 Å². The molecule has 4 nitrogen and oxygen atoms in total. The highest BCUT2D eigenvalue weighted by Crippen LogP contribution is 2.11. The van der Waals surface area contributed by atoms with E-state index in [0.717, 1.165) is 0 Å². The third kappa shape index (κ3) is 3.68. The van der Waals surface area contributed by atoms with Crippen LogP contribution in [0.3, 0.4) is 0 Å². The Morgan fingerprint density at radius 1 is 1.67 bits per heavy atom. The summed E-state index contributed by atoms with van der Waals surface area (Å²) >= 11 is 3.17. The van der Waals surface area contributed by atoms with Gasteiger partial charge in [0.25, 0.3) is 0 Å². The number of nitrogens with zero attached hydrogens (tertiary/aromatic N) is 2. The molecule has 1 aromatic rings. The molecule has 0 aromatic carbocycles. The summed E-state index contributed by atoms with van der Waals surface area (Å²) in [6.45, 7) is 2.09. The first-order valence-electron chi connectivity index (χ1n) is 4.38. The van der Waals surface area contributed by atoms with Crippen LogP contribution in [-0.2, 0) is 16.0 Å². The number of carbonyl (C=O) groups excluding carboxylic acids is 1. The normalized spacial score (nSPS) is 9.40. The Morgan fingerprint density at radius 3 is 3.00 bits per heavy atom. The van der Waals surface area contributed by atoms with Gasteiger partial charge in [0.2, 0.25) is 0 Å². The maximum Gasteiger partial charge on any atom is 0.311 e. The van der Waals surface area contributed by atoms with Gasteiger partial charge in [0.05, 0.1) is 30.4 Å². The van der Waals surface area contributed by atoms with E-state index in [1.54, 1.807) is 19.1 Å². The van der Waals surface area contributed by atoms with E-state index in [9.17, 15) is 4.79 Å². The molecule has 0 amide bonds. The van der Waals surface area contributed by atoms with E-state index in [-0.39, 0.29) is 12.4 Å². The van der Waals surface area contributed by atoms with Crippen molar-refractivity contribution in [2.45, 2.75) is 13.3 Å². The molecule has 0 aliphatic carbocycles. The highest BCUT2D eigenvalue weighted by atomic mass is 79.9. The second kappa shape index (κ2) is 5.47. The summed E-state index contributed by atoms with van der Waals surface area (Å²) in [6, 6.07) is 5.15. The smallest absolute Gasteiger partial charge is 0.311 e. The number of hydrogen-bond donors (Lipinski definition) is 0. The first-order chi connectivity index (χ1) is 7.15. The van der Waals surface area contributed by atoms with Crippen molar-refractivity contribution in [3.63, 3.8) is 0 Å². The molecule has 1 aromatic heterocycles. The first-order valence-corrected chi connectivity index (χ1v) is 5.17. The topological polar surface area (TPSA) is 63.0 Å². The molecule has 0 spiro atoms. The zero-order valence-electron chi connectivity index (χ0n) is 8.16. The SMILES string of the molecule is CCOC(=O)Cc1cc(C#N)cc(Br)n1. The molecule has 0 bridgehead atoms. The Bertz CT molecular complexity index is 412. The molecule has 1 rings (SSSR count). The average Bonchev–Trinajstić information content (AvgIpc) is 2.17. The van der Waals surface area contributed by atoms with Crippen LogP contribution in [0.25, 0.3) is 0 Å². The number of aromatic nitrogens is 1. The molecule has 0 aliphatic heterocycles. The van der Waals surface area contributed by atoms with Crippen molar-refractivity contribution in [2.24, 2.45) is 0 Å². The molecule has 0 N–H and O–H groups in total. The van der Waals surface area contributed by atoms with Gasteiger partial charge in [-0.3, -0.25) is 4.79 Å². The standard InChI is InChI=1S/C10H9BrN2O2/c1-2-15-10(14)5-8-3-7(6-12)4-9(11)13-8/h3-4H,2,5H2,1H3. The fourth-order valence-corrected chi connectivity index (χ4v) is 1.54. The Labute approximate surface area is 96.0 Å². The minimum Gasteiger partial charge on any atom is -0.466 e. The number of carbonyl (C=O) groups is 1. The maximum atomic E-state index is 11.2. The average molecular weight is 269 g/mol. The van der Waals surface area contributed by atoms with Gasteiger partial charge in [-0.2, -0.15) is 5.26 Å². The van der Waals surface area contributed by atoms with Crippen LogP contribution in [0.4, 0.5) is 0 Å². The molecule has 0 fully saturated rings. The molecule has 0 saturated heterocycles. The first kappa shape index (κ1) is 11.7. The van der Waals surface area contributed by atoms with Gasteiger partial charge in [0, 0.05) is 0 Å². The quantitative estimate of drug-likeness (QED) is 0.620. The van der Waals surface area contributed by atoms with Gasteiger partial charge in [0.1, 0.15) is 4.60 Å². The van der Waals surface area contributed by atoms with Gasteiger partial charge in [-0.1, -0.05) is 0 Å². The molecule has 1 heterocycles. The second-order valence-electron chi connectivity index (χ2n) is 2.76. The van der Waals surface area contributed by atoms with E-state index in [1.807, 2.05) is 6.07 Å². The molecular formula is C10H9BrN2O2. The van der Waals surface area contributed by atoms with Gasteiger partial charge in [-0.15, -0.1) is 0 Å². The van der Waals surface area contributed by atoms with Crippen LogP contribution in [0.2, 0.25) is 0 Å². The number of ether oxygens (including phenoxy) is 1. The number of esters is 1. The molecule has 0 radical (unpaired) electrons. The highest BCUT2D eigenvalue weighted by Gasteiger charge is 2.07. The fourth-order valence-electron chi connectivity index (χ4n) is 1.07. The lowest BCUT2D eigenvalue weighted by molar-refractivity contribution is -0.142. The second-order valence-corrected chi connectivity index (χ2v) is 3.58. The maximum absolute atomic E-state index is 11.2. The molecule has 0 saturated carbocycles. The number of halogens is 1. The summed E-state index contributed by atoms with van der Waals surface area (Å²) in [5, 5.41) is 8.71. The molecule has 0 atom stereocenters. The zero-order chi connectivity index (χ0) is 11.3. The largest absolute Gasteiger partial charge is 0.466 e. The number of hydrogen-bond acceptors (Lipinski definition) is 4. The van der Waals surface area contributed by atoms with Crippen LogP contribution in [0, 0.1) is 11.3 Å². The van der Waals surface area contributed by atoms with Gasteiger partial charge in [-0.25, -0.2) is 4.98 Å². The third-order valence-corrected chi connectivity index (χ3v) is 2.01. The lowest BCUT2D eigenvalue weighted by atomic mass is 10.2. The van der Waals surface area contributed by atoms with Crippen LogP contribution in [0.5, 0.6) is 0 Å². The molecule has 0 aliphatic rings. The molecule has 15 heavy (non-hydrogen) atoms. The van der Waals surface area contributed by atoms with Gasteiger partial charge < -0.3 is 4.74 Å². The van der Waals surface area contributed by atoms with Crippen LogP contribution in [0.1, 0.15) is 18.2 Å². The Kier molecular flexibility index (Phi) is 4.25. The molecule has 5 heteroatoms. The third-order valence-electron chi connectivity index (χ3n) is 1.61. The summed E-state index contributed by atoms with van der Waals surface area (Å²) in [5.41, 5.74) is 0.996. The Morgan fingerprint density at radius 2 is 2.40 bits per heavy atom. The Balaban J connectivity index is 2.82. The molecule has 78 valence electrons. The predicted molar refractivity (Wildman–Crippen MR) is 57.0 cm³/mol. The lowest BCUT2D eigenvalue weighted by Crippen LogP contribution is -2.09. The van der Waals surface area contributed by atoms with Crippen molar-refractivity contribution in [1.29, 1.82) is 5.26 Å². The number of pyridine rings is 1. The lowest BCUT2D eigenvalue weighted by Gasteiger charge is -2.02. The van der Waals surface area contributed by atoms with E-state index in [0.29, 0.717) is 22.5 Å². The van der Waals surface area contributed by atoms with E-state index in [1.165, 1.54) is 0 Å². The Hall–Kier alpha value is -1.41. The summed E-state index contributed by atoms with van der Waals surface area (Å²) < 4.78 is 5.32. The van der Waals surface area contributed by atoms with E-state index >= 15 is 0 Å². The summed E-state index contributed by atoms with van der Waals surface area (Å²) in [4.78, 5) is 15.2. The molecule has 0 unspecified atom stereocenters. The van der Waals surface area contributed by atoms with Crippen LogP contribution >= 0.6 is 15.9 Å². The van der Waals surface area contributed by atoms with Gasteiger partial charge in [0.15, 0.2) is 0 Å². The number of rotatable bonds is 3. The van der Waals surface area contributed by atoms with Crippen molar-refractivity contribution in [1.82, 2.24) is 4.98 Å². The van der Waals surface area contributed by atoms with E-state index in [2.05, 4.69) is 20.9 Å². The summed E-state index contributed by atoms with van der Waals surface area (Å²) in [5.74, 6) is -0.341. The van der Waals surface area contributed by atoms with E-state index in [4.69, 9.17) is 10.00 Å². The monoisotopic (exact) mass is 268 g/mol. The van der Waals surface area contributed by atoms with E-state index < -0.39 is 0 Å². The van der Waals surface area contributed by atoms with Gasteiger partial charge in [-0.05, 0) is 35.0 Å². The van der Waals surface area contributed by atoms with Crippen molar-refractivity contribution in [3.05, 3.63) is 28.0 Å². The van der Waals surface area contributed by atoms with Crippen molar-refractivity contribution in [3.8, 4) is 6.07 Å². The summed E-state index contributed by atoms with van der Waals surface area (Å²) in [7, 11) is 0. The van der Waals surface area contributed by atoms with Crippen LogP contribution in [-0.4, -0.2) is 17.6 Å². The number of nitriles is 1. The van der Waals surface area contributed by atoms with Crippen molar-refractivity contribution >= 4 is 21.9 Å². The van der Waals surface area contributed by atoms with Crippen LogP contribution < -0.4 is 0 Å². The predicted octanol–water partition coefficient (Wildman–Crippen LogP) is 1.82. The molecular weight excluding hydrogens is 260 g/mol.